The van der Waals surface area contributed by atoms with Crippen molar-refractivity contribution in [1.29, 1.82) is 0 Å². The maximum Gasteiger partial charge on any atom is 0.573 e. The minimum atomic E-state index is -4.76. The number of carbonyl (C=O) groups is 1. The van der Waals surface area contributed by atoms with Crippen molar-refractivity contribution in [2.24, 2.45) is 0 Å². The maximum atomic E-state index is 12.0. The zero-order valence-corrected chi connectivity index (χ0v) is 12.7. The van der Waals surface area contributed by atoms with E-state index >= 15 is 0 Å². The lowest BCUT2D eigenvalue weighted by Crippen LogP contribution is -2.17. The van der Waals surface area contributed by atoms with Gasteiger partial charge in [-0.05, 0) is 48.5 Å². The summed E-state index contributed by atoms with van der Waals surface area (Å²) in [4.78, 5) is 12.6. The standard InChI is InChI=1S/C15H12F3NO3S/c1-23(21)13-8-2-10(3-9-13)14(20)19-11-4-6-12(7-5-11)22-15(16,17)18/h2-9H,1H3,(H,19,20)/t23-/m1/s1. The summed E-state index contributed by atoms with van der Waals surface area (Å²) in [5, 5.41) is 2.55. The number of anilines is 1. The van der Waals surface area contributed by atoms with Crippen LogP contribution in [-0.2, 0) is 10.8 Å². The van der Waals surface area contributed by atoms with Crippen LogP contribution in [0.3, 0.4) is 0 Å². The van der Waals surface area contributed by atoms with Crippen molar-refractivity contribution in [3.8, 4) is 5.75 Å². The first kappa shape index (κ1) is 17.0. The van der Waals surface area contributed by atoms with E-state index in [1.807, 2.05) is 0 Å². The van der Waals surface area contributed by atoms with Crippen LogP contribution in [0, 0.1) is 0 Å². The molecule has 2 rings (SSSR count). The average molecular weight is 343 g/mol. The minimum Gasteiger partial charge on any atom is -0.406 e. The van der Waals surface area contributed by atoms with Crippen molar-refractivity contribution in [1.82, 2.24) is 0 Å². The van der Waals surface area contributed by atoms with Crippen molar-refractivity contribution in [3.63, 3.8) is 0 Å². The second-order valence-corrected chi connectivity index (χ2v) is 5.88. The number of hydrogen-bond donors (Lipinski definition) is 1. The molecule has 122 valence electrons. The smallest absolute Gasteiger partial charge is 0.406 e. The Balaban J connectivity index is 2.03. The predicted octanol–water partition coefficient (Wildman–Crippen LogP) is 3.57. The zero-order chi connectivity index (χ0) is 17.0. The molecule has 0 heterocycles. The Bertz CT molecular complexity index is 712. The number of halogens is 3. The highest BCUT2D eigenvalue weighted by molar-refractivity contribution is 7.84. The van der Waals surface area contributed by atoms with E-state index in [-0.39, 0.29) is 5.75 Å². The third kappa shape index (κ3) is 5.10. The van der Waals surface area contributed by atoms with Crippen LogP contribution in [0.2, 0.25) is 0 Å². The Kier molecular flexibility index (Phi) is 5.05. The Morgan fingerprint density at radius 2 is 1.61 bits per heavy atom. The third-order valence-corrected chi connectivity index (χ3v) is 3.73. The normalized spacial score (nSPS) is 12.5. The fourth-order valence-electron chi connectivity index (χ4n) is 1.74. The molecule has 0 saturated heterocycles. The summed E-state index contributed by atoms with van der Waals surface area (Å²) < 4.78 is 51.2. The summed E-state index contributed by atoms with van der Waals surface area (Å²) in [7, 11) is -1.14. The first-order valence-corrected chi connectivity index (χ1v) is 7.91. The Hall–Kier alpha value is -2.35. The maximum absolute atomic E-state index is 12.0. The van der Waals surface area contributed by atoms with Crippen molar-refractivity contribution < 1.29 is 26.9 Å². The molecule has 4 nitrogen and oxygen atoms in total. The summed E-state index contributed by atoms with van der Waals surface area (Å²) in [6, 6.07) is 11.0. The van der Waals surface area contributed by atoms with Crippen molar-refractivity contribution in [3.05, 3.63) is 54.1 Å². The van der Waals surface area contributed by atoms with E-state index in [1.54, 1.807) is 12.1 Å². The van der Waals surface area contributed by atoms with Gasteiger partial charge in [0, 0.05) is 33.2 Å². The molecule has 2 aromatic rings. The monoisotopic (exact) mass is 343 g/mol. The lowest BCUT2D eigenvalue weighted by Gasteiger charge is -2.10. The number of carbonyl (C=O) groups excluding carboxylic acids is 1. The second-order valence-electron chi connectivity index (χ2n) is 4.50. The molecular formula is C15H12F3NO3S. The quantitative estimate of drug-likeness (QED) is 0.923. The molecule has 1 N–H and O–H groups in total. The van der Waals surface area contributed by atoms with E-state index in [9.17, 15) is 22.2 Å². The van der Waals surface area contributed by atoms with Crippen LogP contribution in [0.4, 0.5) is 18.9 Å². The molecule has 1 atom stereocenters. The summed E-state index contributed by atoms with van der Waals surface area (Å²) in [6.07, 6.45) is -3.23. The molecule has 1 amide bonds. The van der Waals surface area contributed by atoms with E-state index in [2.05, 4.69) is 10.1 Å². The Labute approximate surface area is 132 Å². The molecular weight excluding hydrogens is 331 g/mol. The van der Waals surface area contributed by atoms with Gasteiger partial charge < -0.3 is 10.1 Å². The first-order chi connectivity index (χ1) is 10.7. The summed E-state index contributed by atoms with van der Waals surface area (Å²) in [6.45, 7) is 0. The van der Waals surface area contributed by atoms with Gasteiger partial charge in [-0.2, -0.15) is 0 Å². The van der Waals surface area contributed by atoms with Crippen LogP contribution < -0.4 is 10.1 Å². The molecule has 0 aliphatic heterocycles. The Morgan fingerprint density at radius 1 is 1.04 bits per heavy atom. The molecule has 0 spiro atoms. The number of nitrogens with one attached hydrogen (secondary N) is 1. The van der Waals surface area contributed by atoms with Gasteiger partial charge in [-0.3, -0.25) is 9.00 Å². The molecule has 8 heteroatoms. The van der Waals surface area contributed by atoms with Gasteiger partial charge in [0.25, 0.3) is 5.91 Å². The van der Waals surface area contributed by atoms with Gasteiger partial charge in [-0.1, -0.05) is 0 Å². The van der Waals surface area contributed by atoms with E-state index in [0.29, 0.717) is 16.1 Å². The molecule has 2 aromatic carbocycles. The van der Waals surface area contributed by atoms with E-state index < -0.39 is 23.1 Å². The zero-order valence-electron chi connectivity index (χ0n) is 11.9. The molecule has 0 unspecified atom stereocenters. The number of ether oxygens (including phenoxy) is 1. The largest absolute Gasteiger partial charge is 0.573 e. The third-order valence-electron chi connectivity index (χ3n) is 2.79. The number of rotatable bonds is 4. The van der Waals surface area contributed by atoms with Gasteiger partial charge in [0.2, 0.25) is 0 Å². The highest BCUT2D eigenvalue weighted by Crippen LogP contribution is 2.24. The molecule has 23 heavy (non-hydrogen) atoms. The van der Waals surface area contributed by atoms with Gasteiger partial charge >= 0.3 is 6.36 Å². The number of amides is 1. The van der Waals surface area contributed by atoms with Crippen LogP contribution >= 0.6 is 0 Å². The van der Waals surface area contributed by atoms with Crippen molar-refractivity contribution in [2.45, 2.75) is 11.3 Å². The van der Waals surface area contributed by atoms with Crippen molar-refractivity contribution in [2.75, 3.05) is 11.6 Å². The van der Waals surface area contributed by atoms with Gasteiger partial charge in [0.15, 0.2) is 0 Å². The fraction of sp³-hybridized carbons (Fsp3) is 0.133. The summed E-state index contributed by atoms with van der Waals surface area (Å²) in [5.74, 6) is -0.798. The topological polar surface area (TPSA) is 55.4 Å². The summed E-state index contributed by atoms with van der Waals surface area (Å²) in [5.41, 5.74) is 0.669. The molecule has 0 aliphatic rings. The van der Waals surface area contributed by atoms with Gasteiger partial charge in [0.05, 0.1) is 0 Å². The lowest BCUT2D eigenvalue weighted by molar-refractivity contribution is -0.274. The second kappa shape index (κ2) is 6.82. The molecule has 0 fully saturated rings. The molecule has 0 saturated carbocycles. The first-order valence-electron chi connectivity index (χ1n) is 6.35. The van der Waals surface area contributed by atoms with E-state index in [4.69, 9.17) is 0 Å². The van der Waals surface area contributed by atoms with Crippen LogP contribution in [0.15, 0.2) is 53.4 Å². The highest BCUT2D eigenvalue weighted by atomic mass is 32.2. The van der Waals surface area contributed by atoms with E-state index in [0.717, 1.165) is 12.1 Å². The van der Waals surface area contributed by atoms with Crippen molar-refractivity contribution >= 4 is 22.4 Å². The number of alkyl halides is 3. The SMILES string of the molecule is C[S@@](=O)c1ccc(C(=O)Nc2ccc(OC(F)(F)F)cc2)cc1. The molecule has 0 radical (unpaired) electrons. The predicted molar refractivity (Wildman–Crippen MR) is 79.9 cm³/mol. The minimum absolute atomic E-state index is 0.327. The van der Waals surface area contributed by atoms with Crippen LogP contribution in [0.25, 0.3) is 0 Å². The van der Waals surface area contributed by atoms with Crippen LogP contribution in [0.1, 0.15) is 10.4 Å². The molecule has 0 aliphatic carbocycles. The average Bonchev–Trinajstić information content (AvgIpc) is 2.48. The number of benzene rings is 2. The van der Waals surface area contributed by atoms with Gasteiger partial charge in [0.1, 0.15) is 5.75 Å². The highest BCUT2D eigenvalue weighted by Gasteiger charge is 2.30. The number of hydrogen-bond acceptors (Lipinski definition) is 3. The lowest BCUT2D eigenvalue weighted by atomic mass is 10.2. The van der Waals surface area contributed by atoms with Crippen LogP contribution in [0.5, 0.6) is 5.75 Å². The Morgan fingerprint density at radius 3 is 2.09 bits per heavy atom. The fourth-order valence-corrected chi connectivity index (χ4v) is 2.26. The van der Waals surface area contributed by atoms with E-state index in [1.165, 1.54) is 30.5 Å². The van der Waals surface area contributed by atoms with Gasteiger partial charge in [-0.15, -0.1) is 13.2 Å². The van der Waals surface area contributed by atoms with Gasteiger partial charge in [-0.25, -0.2) is 0 Å². The van der Waals surface area contributed by atoms with Crippen LogP contribution in [-0.4, -0.2) is 22.7 Å². The molecule has 0 bridgehead atoms. The summed E-state index contributed by atoms with van der Waals surface area (Å²) >= 11 is 0. The molecule has 0 aromatic heterocycles.